The van der Waals surface area contributed by atoms with Crippen molar-refractivity contribution in [2.24, 2.45) is 0 Å². The molecule has 4 aromatic rings. The van der Waals surface area contributed by atoms with Crippen molar-refractivity contribution in [3.05, 3.63) is 131 Å². The lowest BCUT2D eigenvalue weighted by Gasteiger charge is -2.58. The van der Waals surface area contributed by atoms with Crippen molar-refractivity contribution in [1.82, 2.24) is 8.61 Å². The maximum atomic E-state index is 14.2. The third-order valence-corrected chi connectivity index (χ3v) is 12.3. The van der Waals surface area contributed by atoms with Gasteiger partial charge in [-0.3, -0.25) is 0 Å². The summed E-state index contributed by atoms with van der Waals surface area (Å²) in [6.07, 6.45) is 0.633. The second kappa shape index (κ2) is 10.2. The van der Waals surface area contributed by atoms with E-state index in [1.54, 1.807) is 32.9 Å². The van der Waals surface area contributed by atoms with Crippen LogP contribution >= 0.6 is 0 Å². The molecule has 2 aliphatic rings. The first-order valence-electron chi connectivity index (χ1n) is 13.8. The molecule has 0 N–H and O–H groups in total. The van der Waals surface area contributed by atoms with Crippen LogP contribution in [-0.2, 0) is 30.9 Å². The molecule has 0 aromatic heterocycles. The highest BCUT2D eigenvalue weighted by Crippen LogP contribution is 2.51. The second-order valence-corrected chi connectivity index (χ2v) is 15.5. The van der Waals surface area contributed by atoms with Gasteiger partial charge < -0.3 is 0 Å². The normalized spacial score (nSPS) is 23.8. The minimum absolute atomic E-state index is 0.182. The monoisotopic (exact) mass is 586 g/mol. The summed E-state index contributed by atoms with van der Waals surface area (Å²) >= 11 is 0. The molecular formula is C33H34N2O4S2. The molecule has 41 heavy (non-hydrogen) atoms. The molecule has 0 unspecified atom stereocenters. The highest BCUT2D eigenvalue weighted by atomic mass is 32.2. The Labute approximate surface area is 243 Å². The van der Waals surface area contributed by atoms with Crippen molar-refractivity contribution in [2.45, 2.75) is 40.9 Å². The van der Waals surface area contributed by atoms with Crippen LogP contribution in [0.4, 0.5) is 0 Å². The van der Waals surface area contributed by atoms with Gasteiger partial charge in [0.15, 0.2) is 0 Å². The van der Waals surface area contributed by atoms with Crippen molar-refractivity contribution in [3.63, 3.8) is 0 Å². The summed E-state index contributed by atoms with van der Waals surface area (Å²) in [7, 11) is -7.72. The van der Waals surface area contributed by atoms with Crippen molar-refractivity contribution < 1.29 is 16.8 Å². The standard InChI is InChI=1S/C33H34N2O4S2/c1-26-13-17-30(18-14-26)40(36,37)34-22-32(28-9-5-3-6-10-28)21-33(23-34,29-11-7-4-8-12-29)25-35(24-32)41(38,39)31-19-15-27(2)16-20-31/h3-20H,21-25H2,1-2H3. The highest BCUT2D eigenvalue weighted by Gasteiger charge is 2.58. The summed E-state index contributed by atoms with van der Waals surface area (Å²) in [4.78, 5) is 0.497. The molecule has 6 rings (SSSR count). The van der Waals surface area contributed by atoms with Gasteiger partial charge in [-0.05, 0) is 55.7 Å². The fourth-order valence-electron chi connectivity index (χ4n) is 6.64. The van der Waals surface area contributed by atoms with Gasteiger partial charge in [-0.15, -0.1) is 0 Å². The van der Waals surface area contributed by atoms with Gasteiger partial charge in [-0.25, -0.2) is 16.8 Å². The molecule has 0 aliphatic carbocycles. The molecule has 2 fully saturated rings. The first kappa shape index (κ1) is 27.8. The number of rotatable bonds is 6. The molecule has 0 amide bonds. The molecule has 2 aliphatic heterocycles. The summed E-state index contributed by atoms with van der Waals surface area (Å²) in [5, 5.41) is 0. The zero-order valence-electron chi connectivity index (χ0n) is 23.3. The SMILES string of the molecule is Cc1ccc(S(=O)(=O)N2CC3(c4ccccc4)CN(S(=O)(=O)c4ccc(C)cc4)CC(c4ccccc4)(C2)C3)cc1. The largest absolute Gasteiger partial charge is 0.243 e. The second-order valence-electron chi connectivity index (χ2n) is 11.6. The predicted molar refractivity (Wildman–Crippen MR) is 161 cm³/mol. The fourth-order valence-corrected chi connectivity index (χ4v) is 9.87. The van der Waals surface area contributed by atoms with Crippen LogP contribution in [0.15, 0.2) is 119 Å². The van der Waals surface area contributed by atoms with Crippen LogP contribution in [0.5, 0.6) is 0 Å². The Morgan fingerprint density at radius 2 is 0.805 bits per heavy atom. The number of fused-ring (bicyclic) bond motifs is 2. The molecular weight excluding hydrogens is 553 g/mol. The number of nitrogens with zero attached hydrogens (tertiary/aromatic N) is 2. The number of hydrogen-bond donors (Lipinski definition) is 0. The van der Waals surface area contributed by atoms with Crippen LogP contribution in [0, 0.1) is 13.8 Å². The Morgan fingerprint density at radius 3 is 1.12 bits per heavy atom. The lowest BCUT2D eigenvalue weighted by atomic mass is 9.60. The van der Waals surface area contributed by atoms with Gasteiger partial charge in [-0.2, -0.15) is 8.61 Å². The molecule has 8 heteroatoms. The number of sulfonamides is 2. The fraction of sp³-hybridized carbons (Fsp3) is 0.273. The van der Waals surface area contributed by atoms with Gasteiger partial charge in [0.2, 0.25) is 20.0 Å². The topological polar surface area (TPSA) is 74.8 Å². The minimum Gasteiger partial charge on any atom is -0.207 e. The molecule has 0 radical (unpaired) electrons. The van der Waals surface area contributed by atoms with Crippen molar-refractivity contribution in [2.75, 3.05) is 26.2 Å². The van der Waals surface area contributed by atoms with Gasteiger partial charge in [-0.1, -0.05) is 96.1 Å². The Hall–Kier alpha value is -3.30. The number of aryl methyl sites for hydroxylation is 2. The zero-order valence-corrected chi connectivity index (χ0v) is 24.9. The molecule has 0 saturated carbocycles. The molecule has 2 saturated heterocycles. The van der Waals surface area contributed by atoms with Gasteiger partial charge >= 0.3 is 0 Å². The Balaban J connectivity index is 1.54. The van der Waals surface area contributed by atoms with E-state index >= 15 is 0 Å². The van der Waals surface area contributed by atoms with Crippen LogP contribution in [-0.4, -0.2) is 51.6 Å². The Bertz CT molecular complexity index is 1610. The maximum Gasteiger partial charge on any atom is 0.243 e. The van der Waals surface area contributed by atoms with Gasteiger partial charge in [0.1, 0.15) is 0 Å². The third-order valence-electron chi connectivity index (χ3n) is 8.68. The first-order chi connectivity index (χ1) is 19.5. The van der Waals surface area contributed by atoms with E-state index in [1.165, 1.54) is 0 Å². The van der Waals surface area contributed by atoms with Crippen molar-refractivity contribution >= 4 is 20.0 Å². The molecule has 2 heterocycles. The van der Waals surface area contributed by atoms with E-state index in [2.05, 4.69) is 0 Å². The summed E-state index contributed by atoms with van der Waals surface area (Å²) in [5.74, 6) is 0. The van der Waals surface area contributed by atoms with Crippen LogP contribution < -0.4 is 0 Å². The molecule has 6 nitrogen and oxygen atoms in total. The smallest absolute Gasteiger partial charge is 0.207 e. The lowest BCUT2D eigenvalue weighted by molar-refractivity contribution is 0.0541. The van der Waals surface area contributed by atoms with E-state index in [-0.39, 0.29) is 36.0 Å². The van der Waals surface area contributed by atoms with Gasteiger partial charge in [0.25, 0.3) is 0 Å². The number of piperidine rings is 2. The van der Waals surface area contributed by atoms with E-state index < -0.39 is 30.9 Å². The molecule has 0 atom stereocenters. The molecule has 0 spiro atoms. The van der Waals surface area contributed by atoms with Crippen LogP contribution in [0.1, 0.15) is 28.7 Å². The predicted octanol–water partition coefficient (Wildman–Crippen LogP) is 5.28. The van der Waals surface area contributed by atoms with Crippen LogP contribution in [0.2, 0.25) is 0 Å². The third kappa shape index (κ3) is 4.93. The molecule has 2 bridgehead atoms. The average molecular weight is 587 g/mol. The van der Waals surface area contributed by atoms with Crippen molar-refractivity contribution in [3.8, 4) is 0 Å². The Kier molecular flexibility index (Phi) is 6.93. The summed E-state index contributed by atoms with van der Waals surface area (Å²) < 4.78 is 60.0. The summed E-state index contributed by atoms with van der Waals surface area (Å²) in [6, 6.07) is 33.5. The van der Waals surface area contributed by atoms with E-state index in [1.807, 2.05) is 98.8 Å². The summed E-state index contributed by atoms with van der Waals surface area (Å²) in [5.41, 5.74) is 2.32. The van der Waals surface area contributed by atoms with Gasteiger partial charge in [0, 0.05) is 37.0 Å². The lowest BCUT2D eigenvalue weighted by Crippen LogP contribution is -2.68. The van der Waals surface area contributed by atoms with Crippen molar-refractivity contribution in [1.29, 1.82) is 0 Å². The quantitative estimate of drug-likeness (QED) is 0.308. The highest BCUT2D eigenvalue weighted by molar-refractivity contribution is 7.89. The minimum atomic E-state index is -3.86. The average Bonchev–Trinajstić information content (AvgIpc) is 2.98. The molecule has 212 valence electrons. The first-order valence-corrected chi connectivity index (χ1v) is 16.7. The van der Waals surface area contributed by atoms with Crippen LogP contribution in [0.25, 0.3) is 0 Å². The maximum absolute atomic E-state index is 14.2. The summed E-state index contributed by atoms with van der Waals surface area (Å²) in [6.45, 7) is 4.59. The van der Waals surface area contributed by atoms with E-state index in [4.69, 9.17) is 0 Å². The van der Waals surface area contributed by atoms with E-state index in [0.29, 0.717) is 6.42 Å². The van der Waals surface area contributed by atoms with Gasteiger partial charge in [0.05, 0.1) is 9.79 Å². The zero-order chi connectivity index (χ0) is 28.9. The molecule has 4 aromatic carbocycles. The number of hydrogen-bond acceptors (Lipinski definition) is 4. The number of benzene rings is 4. The van der Waals surface area contributed by atoms with Crippen LogP contribution in [0.3, 0.4) is 0 Å². The van der Waals surface area contributed by atoms with E-state index in [9.17, 15) is 16.8 Å². The Morgan fingerprint density at radius 1 is 0.488 bits per heavy atom. The van der Waals surface area contributed by atoms with E-state index in [0.717, 1.165) is 22.3 Å².